The minimum Gasteiger partial charge on any atom is -0.496 e. The van der Waals surface area contributed by atoms with E-state index in [9.17, 15) is 4.79 Å². The van der Waals surface area contributed by atoms with Gasteiger partial charge in [-0.3, -0.25) is 4.79 Å². The zero-order valence-corrected chi connectivity index (χ0v) is 17.1. The summed E-state index contributed by atoms with van der Waals surface area (Å²) in [7, 11) is 1.64. The third-order valence-electron chi connectivity index (χ3n) is 4.45. The molecule has 146 valence electrons. The summed E-state index contributed by atoms with van der Waals surface area (Å²) in [6, 6.07) is 15.8. The van der Waals surface area contributed by atoms with Gasteiger partial charge in [0.25, 0.3) is 0 Å². The van der Waals surface area contributed by atoms with E-state index in [1.165, 1.54) is 17.3 Å². The normalized spacial score (nSPS) is 10.7. The van der Waals surface area contributed by atoms with Crippen molar-refractivity contribution in [2.45, 2.75) is 32.1 Å². The Morgan fingerprint density at radius 2 is 1.89 bits per heavy atom. The first kappa shape index (κ1) is 19.9. The predicted octanol–water partition coefficient (Wildman–Crippen LogP) is 3.69. The number of hydrogen-bond donors (Lipinski definition) is 1. The summed E-state index contributed by atoms with van der Waals surface area (Å²) in [5, 5.41) is 12.3. The zero-order valence-electron chi connectivity index (χ0n) is 16.3. The minimum atomic E-state index is -0.0299. The number of nitrogens with zero attached hydrogens (tertiary/aromatic N) is 3. The van der Waals surface area contributed by atoms with E-state index < -0.39 is 0 Å². The highest BCUT2D eigenvalue weighted by Crippen LogP contribution is 2.30. The van der Waals surface area contributed by atoms with Crippen LogP contribution in [-0.4, -0.2) is 33.5 Å². The molecule has 0 atom stereocenters. The molecule has 28 heavy (non-hydrogen) atoms. The van der Waals surface area contributed by atoms with Crippen molar-refractivity contribution in [3.63, 3.8) is 0 Å². The quantitative estimate of drug-likeness (QED) is 0.588. The molecule has 2 aromatic carbocycles. The number of para-hydroxylation sites is 1. The molecule has 0 saturated heterocycles. The van der Waals surface area contributed by atoms with E-state index >= 15 is 0 Å². The molecule has 0 radical (unpaired) electrons. The van der Waals surface area contributed by atoms with Crippen molar-refractivity contribution in [2.24, 2.45) is 0 Å². The van der Waals surface area contributed by atoms with Gasteiger partial charge in [-0.15, -0.1) is 10.2 Å². The van der Waals surface area contributed by atoms with Crippen molar-refractivity contribution in [3.8, 4) is 17.1 Å². The van der Waals surface area contributed by atoms with Gasteiger partial charge in [-0.2, -0.15) is 0 Å². The Balaban J connectivity index is 1.66. The van der Waals surface area contributed by atoms with Crippen LogP contribution in [0.3, 0.4) is 0 Å². The Labute approximate surface area is 169 Å². The van der Waals surface area contributed by atoms with Crippen molar-refractivity contribution < 1.29 is 9.53 Å². The number of aryl methyl sites for hydroxylation is 1. The predicted molar refractivity (Wildman–Crippen MR) is 111 cm³/mol. The van der Waals surface area contributed by atoms with Crippen LogP contribution in [0.25, 0.3) is 11.4 Å². The average molecular weight is 397 g/mol. The molecule has 0 aliphatic heterocycles. The van der Waals surface area contributed by atoms with Crippen molar-refractivity contribution in [1.29, 1.82) is 0 Å². The lowest BCUT2D eigenvalue weighted by molar-refractivity contribution is -0.118. The second-order valence-electron chi connectivity index (χ2n) is 6.24. The smallest absolute Gasteiger partial charge is 0.230 e. The highest BCUT2D eigenvalue weighted by molar-refractivity contribution is 7.99. The van der Waals surface area contributed by atoms with Gasteiger partial charge in [0.2, 0.25) is 5.91 Å². The monoisotopic (exact) mass is 396 g/mol. The fourth-order valence-corrected chi connectivity index (χ4v) is 3.72. The largest absolute Gasteiger partial charge is 0.496 e. The number of carbonyl (C=O) groups excluding carboxylic acids is 1. The van der Waals surface area contributed by atoms with E-state index in [4.69, 9.17) is 4.74 Å². The molecule has 0 unspecified atom stereocenters. The van der Waals surface area contributed by atoms with E-state index in [1.54, 1.807) is 7.11 Å². The van der Waals surface area contributed by atoms with E-state index in [2.05, 4.69) is 15.5 Å². The van der Waals surface area contributed by atoms with Gasteiger partial charge in [0.15, 0.2) is 11.0 Å². The first-order valence-electron chi connectivity index (χ1n) is 9.14. The van der Waals surface area contributed by atoms with Crippen LogP contribution in [0, 0.1) is 6.92 Å². The maximum absolute atomic E-state index is 12.3. The van der Waals surface area contributed by atoms with Gasteiger partial charge in [-0.25, -0.2) is 0 Å². The Morgan fingerprint density at radius 3 is 2.64 bits per heavy atom. The third kappa shape index (κ3) is 4.54. The van der Waals surface area contributed by atoms with Crippen LogP contribution in [0.1, 0.15) is 18.1 Å². The number of thioether (sulfide) groups is 1. The maximum atomic E-state index is 12.3. The van der Waals surface area contributed by atoms with Gasteiger partial charge in [-0.1, -0.05) is 48.2 Å². The van der Waals surface area contributed by atoms with Crippen molar-refractivity contribution in [1.82, 2.24) is 20.1 Å². The highest BCUT2D eigenvalue weighted by Gasteiger charge is 2.17. The molecule has 1 amide bonds. The van der Waals surface area contributed by atoms with E-state index in [0.29, 0.717) is 13.1 Å². The summed E-state index contributed by atoms with van der Waals surface area (Å²) in [5.74, 6) is 1.74. The Bertz CT molecular complexity index is 955. The number of nitrogens with one attached hydrogen (secondary N) is 1. The van der Waals surface area contributed by atoms with Crippen LogP contribution in [0.5, 0.6) is 5.75 Å². The van der Waals surface area contributed by atoms with Crippen molar-refractivity contribution >= 4 is 17.7 Å². The summed E-state index contributed by atoms with van der Waals surface area (Å²) in [6.45, 7) is 5.30. The molecule has 7 heteroatoms. The molecule has 1 heterocycles. The van der Waals surface area contributed by atoms with E-state index in [-0.39, 0.29) is 11.7 Å². The number of carbonyl (C=O) groups is 1. The van der Waals surface area contributed by atoms with Gasteiger partial charge in [0.05, 0.1) is 18.4 Å². The van der Waals surface area contributed by atoms with Crippen molar-refractivity contribution in [3.05, 3.63) is 59.7 Å². The Morgan fingerprint density at radius 1 is 1.14 bits per heavy atom. The standard InChI is InChI=1S/C21H24N4O2S/c1-4-25-20(17-11-7-8-12-18(17)27-3)23-24-21(25)28-14-19(26)22-13-16-10-6-5-9-15(16)2/h5-12H,4,13-14H2,1-3H3,(H,22,26). The topological polar surface area (TPSA) is 69.0 Å². The molecule has 0 spiro atoms. The fraction of sp³-hybridized carbons (Fsp3) is 0.286. The number of methoxy groups -OCH3 is 1. The lowest BCUT2D eigenvalue weighted by Crippen LogP contribution is -2.25. The number of ether oxygens (including phenoxy) is 1. The van der Waals surface area contributed by atoms with Crippen molar-refractivity contribution in [2.75, 3.05) is 12.9 Å². The van der Waals surface area contributed by atoms with Gasteiger partial charge in [0, 0.05) is 13.1 Å². The lowest BCUT2D eigenvalue weighted by atomic mass is 10.1. The number of benzene rings is 2. The maximum Gasteiger partial charge on any atom is 0.230 e. The van der Waals surface area contributed by atoms with E-state index in [1.807, 2.05) is 66.9 Å². The molecule has 0 bridgehead atoms. The second-order valence-corrected chi connectivity index (χ2v) is 7.19. The molecule has 0 aliphatic carbocycles. The summed E-state index contributed by atoms with van der Waals surface area (Å²) in [6.07, 6.45) is 0. The zero-order chi connectivity index (χ0) is 19.9. The third-order valence-corrected chi connectivity index (χ3v) is 5.42. The summed E-state index contributed by atoms with van der Waals surface area (Å²) >= 11 is 1.38. The number of aromatic nitrogens is 3. The summed E-state index contributed by atoms with van der Waals surface area (Å²) in [4.78, 5) is 12.3. The SMILES string of the molecule is CCn1c(SCC(=O)NCc2ccccc2C)nnc1-c1ccccc1OC. The van der Waals surface area contributed by atoms with Crippen LogP contribution in [0.4, 0.5) is 0 Å². The van der Waals surface area contributed by atoms with Gasteiger partial charge < -0.3 is 14.6 Å². The van der Waals surface area contributed by atoms with E-state index in [0.717, 1.165) is 27.9 Å². The minimum absolute atomic E-state index is 0.0299. The molecule has 0 saturated carbocycles. The van der Waals surface area contributed by atoms with Gasteiger partial charge >= 0.3 is 0 Å². The Hall–Kier alpha value is -2.80. The second kappa shape index (κ2) is 9.41. The molecular formula is C21H24N4O2S. The number of hydrogen-bond acceptors (Lipinski definition) is 5. The first-order chi connectivity index (χ1) is 13.6. The van der Waals surface area contributed by atoms with Crippen LogP contribution in [-0.2, 0) is 17.9 Å². The van der Waals surface area contributed by atoms with Gasteiger partial charge in [0.1, 0.15) is 5.75 Å². The van der Waals surface area contributed by atoms with Crippen LogP contribution in [0.15, 0.2) is 53.7 Å². The molecule has 3 aromatic rings. The molecule has 0 aliphatic rings. The first-order valence-corrected chi connectivity index (χ1v) is 10.1. The highest BCUT2D eigenvalue weighted by atomic mass is 32.2. The molecule has 3 rings (SSSR count). The molecule has 0 fully saturated rings. The summed E-state index contributed by atoms with van der Waals surface area (Å²) in [5.41, 5.74) is 3.17. The van der Waals surface area contributed by atoms with Crippen LogP contribution < -0.4 is 10.1 Å². The number of rotatable bonds is 8. The lowest BCUT2D eigenvalue weighted by Gasteiger charge is -2.10. The number of amides is 1. The Kier molecular flexibility index (Phi) is 6.71. The fourth-order valence-electron chi connectivity index (χ4n) is 2.89. The van der Waals surface area contributed by atoms with Crippen LogP contribution >= 0.6 is 11.8 Å². The molecule has 1 N–H and O–H groups in total. The molecular weight excluding hydrogens is 372 g/mol. The molecule has 6 nitrogen and oxygen atoms in total. The summed E-state index contributed by atoms with van der Waals surface area (Å²) < 4.78 is 7.44. The van der Waals surface area contributed by atoms with Crippen LogP contribution in [0.2, 0.25) is 0 Å². The average Bonchev–Trinajstić information content (AvgIpc) is 3.14. The molecule has 1 aromatic heterocycles. The van der Waals surface area contributed by atoms with Gasteiger partial charge in [-0.05, 0) is 37.1 Å².